The fourth-order valence-electron chi connectivity index (χ4n) is 4.61. The van der Waals surface area contributed by atoms with Gasteiger partial charge in [-0.2, -0.15) is 0 Å². The molecule has 0 bridgehead atoms. The molecule has 0 N–H and O–H groups in total. The van der Waals surface area contributed by atoms with E-state index in [1.54, 1.807) is 0 Å². The van der Waals surface area contributed by atoms with Crippen molar-refractivity contribution >= 4 is 24.7 Å². The van der Waals surface area contributed by atoms with E-state index in [1.807, 2.05) is 12.1 Å². The van der Waals surface area contributed by atoms with Crippen LogP contribution in [0.1, 0.15) is 27.2 Å². The highest BCUT2D eigenvalue weighted by Crippen LogP contribution is 2.40. The number of hydrogen-bond donors (Lipinski definition) is 0. The molecule has 2 heterocycles. The predicted molar refractivity (Wildman–Crippen MR) is 111 cm³/mol. The van der Waals surface area contributed by atoms with Crippen molar-refractivity contribution in [3.63, 3.8) is 0 Å². The molecule has 4 nitrogen and oxygen atoms in total. The second kappa shape index (κ2) is 7.47. The molecule has 2 saturated heterocycles. The van der Waals surface area contributed by atoms with Gasteiger partial charge in [-0.1, -0.05) is 81.4 Å². The first-order valence-electron chi connectivity index (χ1n) is 9.98. The van der Waals surface area contributed by atoms with Crippen molar-refractivity contribution in [2.24, 2.45) is 11.8 Å². The molecule has 0 aliphatic carbocycles. The zero-order valence-corrected chi connectivity index (χ0v) is 17.8. The van der Waals surface area contributed by atoms with E-state index in [2.05, 4.69) is 69.3 Å². The van der Waals surface area contributed by atoms with Crippen molar-refractivity contribution in [1.82, 2.24) is 0 Å². The molecule has 0 unspecified atom stereocenters. The molecule has 0 spiro atoms. The molecule has 5 heteroatoms. The van der Waals surface area contributed by atoms with Gasteiger partial charge in [0.15, 0.2) is 0 Å². The Labute approximate surface area is 167 Å². The Morgan fingerprint density at radius 2 is 1.57 bits per heavy atom. The van der Waals surface area contributed by atoms with Crippen LogP contribution in [0.15, 0.2) is 60.7 Å². The van der Waals surface area contributed by atoms with Crippen molar-refractivity contribution in [1.29, 1.82) is 0 Å². The van der Waals surface area contributed by atoms with Gasteiger partial charge in [0, 0.05) is 18.4 Å². The third-order valence-corrected chi connectivity index (χ3v) is 11.0. The number of carbonyl (C=O) groups excluding carboxylic acids is 1. The summed E-state index contributed by atoms with van der Waals surface area (Å²) in [6.07, 6.45) is 0.0413. The normalized spacial score (nSPS) is 24.8. The van der Waals surface area contributed by atoms with Gasteiger partial charge in [-0.25, -0.2) is 0 Å². The largest absolute Gasteiger partial charge is 0.435 e. The molecule has 2 aliphatic heterocycles. The number of fused-ring (bicyclic) bond motifs is 1. The highest BCUT2D eigenvalue weighted by molar-refractivity contribution is 6.99. The first kappa shape index (κ1) is 19.4. The molecule has 148 valence electrons. The third kappa shape index (κ3) is 3.32. The third-order valence-electron chi connectivity index (χ3n) is 6.01. The second-order valence-electron chi connectivity index (χ2n) is 8.79. The molecule has 4 rings (SSSR count). The van der Waals surface area contributed by atoms with Crippen molar-refractivity contribution in [2.45, 2.75) is 38.5 Å². The summed E-state index contributed by atoms with van der Waals surface area (Å²) in [5.41, 5.74) is 0. The Bertz CT molecular complexity index is 776. The van der Waals surface area contributed by atoms with Crippen LogP contribution >= 0.6 is 0 Å². The smallest absolute Gasteiger partial charge is 0.308 e. The summed E-state index contributed by atoms with van der Waals surface area (Å²) in [4.78, 5) is 11.7. The molecule has 2 aromatic rings. The van der Waals surface area contributed by atoms with Crippen LogP contribution in [-0.2, 0) is 18.7 Å². The van der Waals surface area contributed by atoms with Gasteiger partial charge in [0.1, 0.15) is 0 Å². The highest BCUT2D eigenvalue weighted by Gasteiger charge is 2.52. The summed E-state index contributed by atoms with van der Waals surface area (Å²) in [6, 6.07) is 21.2. The Morgan fingerprint density at radius 1 is 1.00 bits per heavy atom. The van der Waals surface area contributed by atoms with Gasteiger partial charge in [0.05, 0.1) is 13.0 Å². The Balaban J connectivity index is 1.70. The number of rotatable bonds is 5. The SMILES string of the molecule is CC(C)(C)[Si](OC[C@H]1CO[C@@H]2OC(=O)C[C@H]12)(c1ccccc1)c1ccccc1. The zero-order chi connectivity index (χ0) is 19.8. The molecule has 3 atom stereocenters. The summed E-state index contributed by atoms with van der Waals surface area (Å²) >= 11 is 0. The lowest BCUT2D eigenvalue weighted by molar-refractivity contribution is -0.158. The number of hydrogen-bond acceptors (Lipinski definition) is 4. The van der Waals surface area contributed by atoms with Crippen LogP contribution in [0, 0.1) is 11.8 Å². The van der Waals surface area contributed by atoms with Crippen molar-refractivity contribution in [3.05, 3.63) is 60.7 Å². The zero-order valence-electron chi connectivity index (χ0n) is 16.8. The number of ether oxygens (including phenoxy) is 2. The van der Waals surface area contributed by atoms with Crippen molar-refractivity contribution in [2.75, 3.05) is 13.2 Å². The lowest BCUT2D eigenvalue weighted by atomic mass is 9.94. The Morgan fingerprint density at radius 3 is 2.11 bits per heavy atom. The summed E-state index contributed by atoms with van der Waals surface area (Å²) in [6.45, 7) is 7.98. The average molecular weight is 397 g/mol. The molecule has 28 heavy (non-hydrogen) atoms. The van der Waals surface area contributed by atoms with Crippen LogP contribution < -0.4 is 10.4 Å². The van der Waals surface area contributed by atoms with Crippen LogP contribution in [0.25, 0.3) is 0 Å². The molecular weight excluding hydrogens is 368 g/mol. The second-order valence-corrected chi connectivity index (χ2v) is 13.1. The van der Waals surface area contributed by atoms with Gasteiger partial charge in [0.2, 0.25) is 6.29 Å². The minimum absolute atomic E-state index is 0.0590. The predicted octanol–water partition coefficient (Wildman–Crippen LogP) is 3.10. The van der Waals surface area contributed by atoms with E-state index in [1.165, 1.54) is 10.4 Å². The van der Waals surface area contributed by atoms with E-state index < -0.39 is 8.32 Å². The van der Waals surface area contributed by atoms with Gasteiger partial charge in [-0.05, 0) is 15.4 Å². The van der Waals surface area contributed by atoms with Gasteiger partial charge < -0.3 is 13.9 Å². The molecule has 0 saturated carbocycles. The van der Waals surface area contributed by atoms with E-state index in [4.69, 9.17) is 13.9 Å². The summed E-state index contributed by atoms with van der Waals surface area (Å²) in [7, 11) is -2.56. The van der Waals surface area contributed by atoms with Crippen LogP contribution in [0.2, 0.25) is 5.04 Å². The van der Waals surface area contributed by atoms with Gasteiger partial charge in [0.25, 0.3) is 8.32 Å². The van der Waals surface area contributed by atoms with E-state index in [-0.39, 0.29) is 29.1 Å². The van der Waals surface area contributed by atoms with Gasteiger partial charge >= 0.3 is 5.97 Å². The van der Waals surface area contributed by atoms with E-state index in [9.17, 15) is 4.79 Å². The Hall–Kier alpha value is -1.95. The minimum Gasteiger partial charge on any atom is -0.435 e. The van der Waals surface area contributed by atoms with Crippen LogP contribution in [0.3, 0.4) is 0 Å². The molecule has 0 radical (unpaired) electrons. The Kier molecular flexibility index (Phi) is 5.16. The average Bonchev–Trinajstić information content (AvgIpc) is 3.22. The first-order valence-corrected chi connectivity index (χ1v) is 11.9. The lowest BCUT2D eigenvalue weighted by Crippen LogP contribution is -2.67. The quantitative estimate of drug-likeness (QED) is 0.575. The van der Waals surface area contributed by atoms with Gasteiger partial charge in [-0.15, -0.1) is 0 Å². The first-order chi connectivity index (χ1) is 13.4. The number of esters is 1. The maximum atomic E-state index is 11.7. The molecule has 2 fully saturated rings. The maximum absolute atomic E-state index is 11.7. The van der Waals surface area contributed by atoms with Crippen LogP contribution in [-0.4, -0.2) is 33.8 Å². The monoisotopic (exact) mass is 396 g/mol. The van der Waals surface area contributed by atoms with E-state index in [0.717, 1.165) is 0 Å². The topological polar surface area (TPSA) is 44.8 Å². The summed E-state index contributed by atoms with van der Waals surface area (Å²) < 4.78 is 18.0. The number of carbonyl (C=O) groups is 1. The molecule has 0 aromatic heterocycles. The van der Waals surface area contributed by atoms with Crippen molar-refractivity contribution in [3.8, 4) is 0 Å². The van der Waals surface area contributed by atoms with E-state index in [0.29, 0.717) is 19.6 Å². The maximum Gasteiger partial charge on any atom is 0.308 e. The lowest BCUT2D eigenvalue weighted by Gasteiger charge is -2.43. The molecule has 2 aliphatic rings. The molecule has 2 aromatic carbocycles. The fraction of sp³-hybridized carbons (Fsp3) is 0.435. The summed E-state index contributed by atoms with van der Waals surface area (Å²) in [5, 5.41) is 2.47. The highest BCUT2D eigenvalue weighted by atomic mass is 28.4. The van der Waals surface area contributed by atoms with Crippen LogP contribution in [0.4, 0.5) is 0 Å². The fourth-order valence-corrected chi connectivity index (χ4v) is 9.23. The van der Waals surface area contributed by atoms with E-state index >= 15 is 0 Å². The number of benzene rings is 2. The standard InChI is InChI=1S/C23H28O4Si/c1-23(2,3)28(18-10-6-4-7-11-18,19-12-8-5-9-13-19)26-16-17-15-25-22-20(17)14-21(24)27-22/h4-13,17,20,22H,14-16H2,1-3H3/t17-,20-,22-/m1/s1. The van der Waals surface area contributed by atoms with Crippen molar-refractivity contribution < 1.29 is 18.7 Å². The minimum atomic E-state index is -2.56. The molecular formula is C23H28O4Si. The molecule has 0 amide bonds. The summed E-state index contributed by atoms with van der Waals surface area (Å²) in [5.74, 6) is 0.119. The van der Waals surface area contributed by atoms with Gasteiger partial charge in [-0.3, -0.25) is 4.79 Å². The van der Waals surface area contributed by atoms with Crippen LogP contribution in [0.5, 0.6) is 0 Å².